The molecule has 1 fully saturated rings. The smallest absolute Gasteiger partial charge is 0.337 e. The van der Waals surface area contributed by atoms with Crippen molar-refractivity contribution in [2.24, 2.45) is 0 Å². The van der Waals surface area contributed by atoms with E-state index < -0.39 is 0 Å². The Morgan fingerprint density at radius 2 is 1.93 bits per heavy atom. The highest BCUT2D eigenvalue weighted by atomic mass is 16.5. The monoisotopic (exact) mass is 398 g/mol. The lowest BCUT2D eigenvalue weighted by Crippen LogP contribution is -2.07. The molecule has 0 atom stereocenters. The maximum atomic E-state index is 12.2. The summed E-state index contributed by atoms with van der Waals surface area (Å²) in [5.74, 6) is 0.208. The van der Waals surface area contributed by atoms with Gasteiger partial charge < -0.3 is 14.7 Å². The van der Waals surface area contributed by atoms with E-state index in [1.807, 2.05) is 12.1 Å². The maximum Gasteiger partial charge on any atom is 0.337 e. The number of hydrogen-bond acceptors (Lipinski definition) is 3. The average Bonchev–Trinajstić information content (AvgIpc) is 3.01. The molecular formula is C26H26N2O2. The van der Waals surface area contributed by atoms with Crippen LogP contribution in [-0.4, -0.2) is 23.9 Å². The summed E-state index contributed by atoms with van der Waals surface area (Å²) in [4.78, 5) is 12.2. The van der Waals surface area contributed by atoms with Gasteiger partial charge in [0.1, 0.15) is 0 Å². The molecule has 1 aromatic heterocycles. The molecule has 0 amide bonds. The van der Waals surface area contributed by atoms with E-state index in [0.29, 0.717) is 18.0 Å². The van der Waals surface area contributed by atoms with Crippen LogP contribution in [0.4, 0.5) is 0 Å². The number of carbonyl (C=O) groups excluding carboxylic acids is 1. The van der Waals surface area contributed by atoms with Crippen molar-refractivity contribution in [3.05, 3.63) is 64.7 Å². The minimum atomic E-state index is -0.316. The fourth-order valence-corrected chi connectivity index (χ4v) is 5.23. The van der Waals surface area contributed by atoms with Crippen LogP contribution in [0.1, 0.15) is 59.5 Å². The Kier molecular flexibility index (Phi) is 4.78. The maximum absolute atomic E-state index is 12.2. The number of methoxy groups -OCH3 is 1. The van der Waals surface area contributed by atoms with Crippen LogP contribution in [0.3, 0.4) is 0 Å². The van der Waals surface area contributed by atoms with Gasteiger partial charge in [-0.1, -0.05) is 49.6 Å². The third-order valence-electron chi connectivity index (χ3n) is 6.62. The number of hydrogen-bond donors (Lipinski definition) is 1. The van der Waals surface area contributed by atoms with E-state index in [4.69, 9.17) is 10.1 Å². The summed E-state index contributed by atoms with van der Waals surface area (Å²) in [6.45, 7) is 0.626. The van der Waals surface area contributed by atoms with Gasteiger partial charge >= 0.3 is 5.97 Å². The third-order valence-corrected chi connectivity index (χ3v) is 6.62. The van der Waals surface area contributed by atoms with Crippen molar-refractivity contribution < 1.29 is 9.53 Å². The lowest BCUT2D eigenvalue weighted by molar-refractivity contribution is 0.0601. The number of ether oxygens (including phenoxy) is 1. The van der Waals surface area contributed by atoms with Crippen LogP contribution in [0.15, 0.2) is 48.0 Å². The SMILES string of the molecule is COC(=O)c1ccc2c(C3CCCCC3)c3n(c2c1)CC(C=N)=Cc1ccccc1-3. The standard InChI is InChI=1S/C26H26N2O2/c1-30-26(29)20-11-12-22-23(14-20)28-16-17(15-27)13-19-9-5-6-10-21(19)25(28)24(22)18-7-3-2-4-8-18/h5-6,9-15,18,27H,2-4,7-8,16H2,1H3. The number of rotatable bonds is 3. The van der Waals surface area contributed by atoms with Crippen molar-refractivity contribution in [1.29, 1.82) is 5.41 Å². The number of carbonyl (C=O) groups is 1. The van der Waals surface area contributed by atoms with Gasteiger partial charge in [0.15, 0.2) is 0 Å². The molecule has 1 aliphatic heterocycles. The van der Waals surface area contributed by atoms with Crippen LogP contribution in [0.2, 0.25) is 0 Å². The Balaban J connectivity index is 1.85. The molecule has 2 aromatic carbocycles. The molecule has 0 radical (unpaired) electrons. The predicted molar refractivity (Wildman–Crippen MR) is 121 cm³/mol. The van der Waals surface area contributed by atoms with E-state index in [0.717, 1.165) is 16.7 Å². The van der Waals surface area contributed by atoms with E-state index in [1.165, 1.54) is 67.6 Å². The number of fused-ring (bicyclic) bond motifs is 5. The van der Waals surface area contributed by atoms with Gasteiger partial charge in [-0.2, -0.15) is 0 Å². The molecule has 0 saturated heterocycles. The second-order valence-corrected chi connectivity index (χ2v) is 8.36. The molecule has 4 nitrogen and oxygen atoms in total. The molecule has 1 saturated carbocycles. The topological polar surface area (TPSA) is 55.1 Å². The molecule has 1 N–H and O–H groups in total. The van der Waals surface area contributed by atoms with Crippen molar-refractivity contribution in [2.45, 2.75) is 44.6 Å². The Bertz CT molecular complexity index is 1180. The highest BCUT2D eigenvalue weighted by molar-refractivity contribution is 6.00. The number of aromatic nitrogens is 1. The molecule has 4 heteroatoms. The molecule has 30 heavy (non-hydrogen) atoms. The second-order valence-electron chi connectivity index (χ2n) is 8.36. The van der Waals surface area contributed by atoms with E-state index in [9.17, 15) is 4.79 Å². The Morgan fingerprint density at radius 1 is 1.13 bits per heavy atom. The van der Waals surface area contributed by atoms with Crippen LogP contribution >= 0.6 is 0 Å². The van der Waals surface area contributed by atoms with Gasteiger partial charge in [0.2, 0.25) is 0 Å². The van der Waals surface area contributed by atoms with Crippen LogP contribution in [0.5, 0.6) is 0 Å². The number of nitrogens with zero attached hydrogens (tertiary/aromatic N) is 1. The summed E-state index contributed by atoms with van der Waals surface area (Å²) in [6, 6.07) is 14.4. The Hall–Kier alpha value is -3.14. The minimum Gasteiger partial charge on any atom is -0.465 e. The van der Waals surface area contributed by atoms with E-state index in [2.05, 4.69) is 41.0 Å². The zero-order valence-corrected chi connectivity index (χ0v) is 17.3. The van der Waals surface area contributed by atoms with Gasteiger partial charge in [0.05, 0.1) is 18.4 Å². The van der Waals surface area contributed by atoms with Gasteiger partial charge in [0, 0.05) is 29.2 Å². The Labute approximate surface area is 176 Å². The van der Waals surface area contributed by atoms with Gasteiger partial charge in [-0.3, -0.25) is 0 Å². The molecule has 0 bridgehead atoms. The number of allylic oxidation sites excluding steroid dienone is 1. The number of benzene rings is 2. The molecule has 1 aliphatic carbocycles. The van der Waals surface area contributed by atoms with Gasteiger partial charge in [-0.25, -0.2) is 4.79 Å². The summed E-state index contributed by atoms with van der Waals surface area (Å²) in [5.41, 5.74) is 7.61. The average molecular weight is 399 g/mol. The lowest BCUT2D eigenvalue weighted by Gasteiger charge is -2.24. The molecule has 0 spiro atoms. The summed E-state index contributed by atoms with van der Waals surface area (Å²) in [6.07, 6.45) is 9.83. The molecular weight excluding hydrogens is 372 g/mol. The van der Waals surface area contributed by atoms with Crippen molar-refractivity contribution in [2.75, 3.05) is 7.11 Å². The summed E-state index contributed by atoms with van der Waals surface area (Å²) in [5, 5.41) is 9.17. The van der Waals surface area contributed by atoms with Crippen LogP contribution in [-0.2, 0) is 11.3 Å². The fraction of sp³-hybridized carbons (Fsp3) is 0.308. The minimum absolute atomic E-state index is 0.316. The van der Waals surface area contributed by atoms with E-state index in [-0.39, 0.29) is 5.97 Å². The van der Waals surface area contributed by atoms with Gasteiger partial charge in [-0.05, 0) is 53.7 Å². The predicted octanol–water partition coefficient (Wildman–Crippen LogP) is 6.19. The largest absolute Gasteiger partial charge is 0.465 e. The third kappa shape index (κ3) is 2.98. The second kappa shape index (κ2) is 7.60. The summed E-state index contributed by atoms with van der Waals surface area (Å²) >= 11 is 0. The fourth-order valence-electron chi connectivity index (χ4n) is 5.23. The molecule has 3 aromatic rings. The van der Waals surface area contributed by atoms with Gasteiger partial charge in [0.25, 0.3) is 0 Å². The number of esters is 1. The normalized spacial score (nSPS) is 16.4. The zero-order valence-electron chi connectivity index (χ0n) is 17.3. The van der Waals surface area contributed by atoms with Crippen LogP contribution in [0, 0.1) is 5.41 Å². The van der Waals surface area contributed by atoms with E-state index in [1.54, 1.807) is 0 Å². The quantitative estimate of drug-likeness (QED) is 0.422. The molecule has 2 aliphatic rings. The highest BCUT2D eigenvalue weighted by Crippen LogP contribution is 2.46. The first-order valence-corrected chi connectivity index (χ1v) is 10.8. The first kappa shape index (κ1) is 18.9. The van der Waals surface area contributed by atoms with Crippen molar-refractivity contribution in [1.82, 2.24) is 4.57 Å². The lowest BCUT2D eigenvalue weighted by atomic mass is 9.81. The first-order valence-electron chi connectivity index (χ1n) is 10.8. The van der Waals surface area contributed by atoms with E-state index >= 15 is 0 Å². The van der Waals surface area contributed by atoms with Crippen molar-refractivity contribution in [3.8, 4) is 11.3 Å². The van der Waals surface area contributed by atoms with Crippen LogP contribution in [0.25, 0.3) is 28.2 Å². The first-order chi connectivity index (χ1) is 14.7. The van der Waals surface area contributed by atoms with Crippen molar-refractivity contribution in [3.63, 3.8) is 0 Å². The molecule has 0 unspecified atom stereocenters. The van der Waals surface area contributed by atoms with Gasteiger partial charge in [-0.15, -0.1) is 0 Å². The number of nitrogens with one attached hydrogen (secondary N) is 1. The molecule has 5 rings (SSSR count). The molecule has 2 heterocycles. The Morgan fingerprint density at radius 3 is 2.70 bits per heavy atom. The molecule has 152 valence electrons. The summed E-state index contributed by atoms with van der Waals surface area (Å²) < 4.78 is 7.29. The summed E-state index contributed by atoms with van der Waals surface area (Å²) in [7, 11) is 1.42. The zero-order chi connectivity index (χ0) is 20.7. The van der Waals surface area contributed by atoms with Crippen molar-refractivity contribution >= 4 is 29.2 Å². The highest BCUT2D eigenvalue weighted by Gasteiger charge is 2.29. The van der Waals surface area contributed by atoms with Crippen LogP contribution < -0.4 is 0 Å².